The van der Waals surface area contributed by atoms with Crippen LogP contribution in [0, 0.1) is 0 Å². The van der Waals surface area contributed by atoms with Gasteiger partial charge in [-0.2, -0.15) is 0 Å². The SMILES string of the molecule is CC1CN(Cc2ccccc2)CCCN1C(=O)CCCCN(C)C. The zero-order chi connectivity index (χ0) is 17.4. The molecule has 1 aliphatic heterocycles. The van der Waals surface area contributed by atoms with Crippen LogP contribution in [0.5, 0.6) is 0 Å². The topological polar surface area (TPSA) is 26.8 Å². The van der Waals surface area contributed by atoms with Crippen LogP contribution in [-0.4, -0.2) is 66.9 Å². The Labute approximate surface area is 147 Å². The van der Waals surface area contributed by atoms with Crippen LogP contribution in [0.2, 0.25) is 0 Å². The molecule has 4 heteroatoms. The first-order valence-corrected chi connectivity index (χ1v) is 9.26. The first kappa shape index (κ1) is 18.9. The fourth-order valence-corrected chi connectivity index (χ4v) is 3.45. The van der Waals surface area contributed by atoms with Crippen LogP contribution in [0.1, 0.15) is 38.2 Å². The average Bonchev–Trinajstić information content (AvgIpc) is 2.73. The van der Waals surface area contributed by atoms with E-state index in [-0.39, 0.29) is 0 Å². The third-order valence-electron chi connectivity index (χ3n) is 4.74. The van der Waals surface area contributed by atoms with Crippen LogP contribution in [0.4, 0.5) is 0 Å². The summed E-state index contributed by atoms with van der Waals surface area (Å²) in [4.78, 5) is 19.3. The highest BCUT2D eigenvalue weighted by atomic mass is 16.2. The van der Waals surface area contributed by atoms with Crippen LogP contribution < -0.4 is 0 Å². The minimum Gasteiger partial charge on any atom is -0.339 e. The molecular weight excluding hydrogens is 298 g/mol. The summed E-state index contributed by atoms with van der Waals surface area (Å²) < 4.78 is 0. The molecule has 0 bridgehead atoms. The molecule has 0 N–H and O–H groups in total. The number of carbonyl (C=O) groups excluding carboxylic acids is 1. The standard InChI is InChI=1S/C20H33N3O/c1-18-16-22(17-19-10-5-4-6-11-19)14-9-15-23(18)20(24)12-7-8-13-21(2)3/h4-6,10-11,18H,7-9,12-17H2,1-3H3. The largest absolute Gasteiger partial charge is 0.339 e. The van der Waals surface area contributed by atoms with Crippen molar-refractivity contribution in [2.24, 2.45) is 0 Å². The number of hydrogen-bond donors (Lipinski definition) is 0. The van der Waals surface area contributed by atoms with Gasteiger partial charge in [0.15, 0.2) is 0 Å². The normalized spacial score (nSPS) is 19.5. The van der Waals surface area contributed by atoms with Crippen molar-refractivity contribution in [1.82, 2.24) is 14.7 Å². The summed E-state index contributed by atoms with van der Waals surface area (Å²) >= 11 is 0. The lowest BCUT2D eigenvalue weighted by Crippen LogP contribution is -2.42. The lowest BCUT2D eigenvalue weighted by molar-refractivity contribution is -0.133. The van der Waals surface area contributed by atoms with Crippen LogP contribution in [0.3, 0.4) is 0 Å². The Morgan fingerprint density at radius 1 is 1.17 bits per heavy atom. The molecule has 1 atom stereocenters. The summed E-state index contributed by atoms with van der Waals surface area (Å²) in [5, 5.41) is 0. The highest BCUT2D eigenvalue weighted by Gasteiger charge is 2.24. The second-order valence-corrected chi connectivity index (χ2v) is 7.27. The van der Waals surface area contributed by atoms with Gasteiger partial charge in [0.2, 0.25) is 5.91 Å². The lowest BCUT2D eigenvalue weighted by atomic mass is 10.1. The van der Waals surface area contributed by atoms with E-state index in [4.69, 9.17) is 0 Å². The Kier molecular flexibility index (Phi) is 7.73. The highest BCUT2D eigenvalue weighted by Crippen LogP contribution is 2.15. The van der Waals surface area contributed by atoms with Gasteiger partial charge in [-0.1, -0.05) is 30.3 Å². The highest BCUT2D eigenvalue weighted by molar-refractivity contribution is 5.76. The second-order valence-electron chi connectivity index (χ2n) is 7.27. The third kappa shape index (κ3) is 6.25. The molecule has 0 aliphatic carbocycles. The van der Waals surface area contributed by atoms with Crippen molar-refractivity contribution in [1.29, 1.82) is 0 Å². The summed E-state index contributed by atoms with van der Waals surface area (Å²) in [6.07, 6.45) is 3.85. The van der Waals surface area contributed by atoms with Gasteiger partial charge in [0.25, 0.3) is 0 Å². The van der Waals surface area contributed by atoms with Gasteiger partial charge in [0, 0.05) is 38.6 Å². The molecule has 1 fully saturated rings. The van der Waals surface area contributed by atoms with Crippen molar-refractivity contribution < 1.29 is 4.79 Å². The van der Waals surface area contributed by atoms with E-state index in [1.54, 1.807) is 0 Å². The van der Waals surface area contributed by atoms with E-state index in [0.29, 0.717) is 18.4 Å². The van der Waals surface area contributed by atoms with Crippen LogP contribution in [0.15, 0.2) is 30.3 Å². The van der Waals surface area contributed by atoms with Crippen molar-refractivity contribution in [2.45, 2.75) is 45.2 Å². The van der Waals surface area contributed by atoms with Crippen molar-refractivity contribution in [3.8, 4) is 0 Å². The van der Waals surface area contributed by atoms with Gasteiger partial charge in [0.05, 0.1) is 0 Å². The summed E-state index contributed by atoms with van der Waals surface area (Å²) in [6.45, 7) is 7.19. The number of amides is 1. The molecule has 1 aromatic carbocycles. The maximum Gasteiger partial charge on any atom is 0.222 e. The monoisotopic (exact) mass is 331 g/mol. The third-order valence-corrected chi connectivity index (χ3v) is 4.74. The average molecular weight is 332 g/mol. The molecule has 1 heterocycles. The molecule has 0 spiro atoms. The van der Waals surface area contributed by atoms with Gasteiger partial charge in [-0.05, 0) is 52.4 Å². The van der Waals surface area contributed by atoms with E-state index in [2.05, 4.69) is 66.1 Å². The predicted molar refractivity (Wildman–Crippen MR) is 99.9 cm³/mol. The lowest BCUT2D eigenvalue weighted by Gasteiger charge is -2.29. The van der Waals surface area contributed by atoms with Crippen molar-refractivity contribution in [3.05, 3.63) is 35.9 Å². The van der Waals surface area contributed by atoms with Crippen LogP contribution >= 0.6 is 0 Å². The molecule has 2 rings (SSSR count). The molecule has 4 nitrogen and oxygen atoms in total. The number of carbonyl (C=O) groups is 1. The maximum absolute atomic E-state index is 12.6. The summed E-state index contributed by atoms with van der Waals surface area (Å²) in [5.41, 5.74) is 1.35. The number of hydrogen-bond acceptors (Lipinski definition) is 3. The van der Waals surface area contributed by atoms with Crippen molar-refractivity contribution >= 4 is 5.91 Å². The molecule has 0 saturated carbocycles. The molecule has 0 radical (unpaired) electrons. The minimum atomic E-state index is 0.303. The Morgan fingerprint density at radius 2 is 1.92 bits per heavy atom. The predicted octanol–water partition coefficient (Wildman–Crippen LogP) is 2.84. The number of unbranched alkanes of at least 4 members (excludes halogenated alkanes) is 1. The van der Waals surface area contributed by atoms with E-state index in [1.807, 2.05) is 0 Å². The molecular formula is C20H33N3O. The number of rotatable bonds is 7. The van der Waals surface area contributed by atoms with Gasteiger partial charge in [-0.3, -0.25) is 9.69 Å². The number of nitrogens with zero attached hydrogens (tertiary/aromatic N) is 3. The summed E-state index contributed by atoms with van der Waals surface area (Å²) in [5.74, 6) is 0.336. The van der Waals surface area contributed by atoms with Crippen molar-refractivity contribution in [2.75, 3.05) is 40.3 Å². The number of benzene rings is 1. The molecule has 1 amide bonds. The van der Waals surface area contributed by atoms with E-state index in [1.165, 1.54) is 5.56 Å². The van der Waals surface area contributed by atoms with Gasteiger partial charge in [-0.15, -0.1) is 0 Å². The molecule has 24 heavy (non-hydrogen) atoms. The molecule has 1 saturated heterocycles. The fourth-order valence-electron chi connectivity index (χ4n) is 3.45. The van der Waals surface area contributed by atoms with E-state index >= 15 is 0 Å². The first-order chi connectivity index (χ1) is 11.6. The zero-order valence-electron chi connectivity index (χ0n) is 15.6. The maximum atomic E-state index is 12.6. The Hall–Kier alpha value is -1.39. The van der Waals surface area contributed by atoms with E-state index in [9.17, 15) is 4.79 Å². The smallest absolute Gasteiger partial charge is 0.222 e. The molecule has 1 unspecified atom stereocenters. The van der Waals surface area contributed by atoms with Gasteiger partial charge in [-0.25, -0.2) is 0 Å². The Bertz CT molecular complexity index is 489. The molecule has 0 aromatic heterocycles. The van der Waals surface area contributed by atoms with Crippen LogP contribution in [0.25, 0.3) is 0 Å². The summed E-state index contributed by atoms with van der Waals surface area (Å²) in [6, 6.07) is 10.9. The Morgan fingerprint density at radius 3 is 2.62 bits per heavy atom. The quantitative estimate of drug-likeness (QED) is 0.719. The second kappa shape index (κ2) is 9.80. The summed E-state index contributed by atoms with van der Waals surface area (Å²) in [7, 11) is 4.17. The zero-order valence-corrected chi connectivity index (χ0v) is 15.6. The fraction of sp³-hybridized carbons (Fsp3) is 0.650. The van der Waals surface area contributed by atoms with E-state index in [0.717, 1.165) is 52.0 Å². The first-order valence-electron chi connectivity index (χ1n) is 9.26. The molecule has 134 valence electrons. The molecule has 1 aliphatic rings. The van der Waals surface area contributed by atoms with Gasteiger partial charge < -0.3 is 9.80 Å². The Balaban J connectivity index is 1.80. The molecule has 1 aromatic rings. The van der Waals surface area contributed by atoms with Crippen molar-refractivity contribution in [3.63, 3.8) is 0 Å². The van der Waals surface area contributed by atoms with E-state index < -0.39 is 0 Å². The minimum absolute atomic E-state index is 0.303. The van der Waals surface area contributed by atoms with Gasteiger partial charge >= 0.3 is 0 Å². The van der Waals surface area contributed by atoms with Crippen LogP contribution in [-0.2, 0) is 11.3 Å². The van der Waals surface area contributed by atoms with Gasteiger partial charge in [0.1, 0.15) is 0 Å².